The van der Waals surface area contributed by atoms with Crippen molar-refractivity contribution < 1.29 is 9.59 Å². The SMILES string of the molecule is Cc1ccc(-n2nc(C(C)(C)C)cc2NC(=O)Nc2ccc(C(C(=O)c3cccc([C@@H](C)C#N)c3)C3CCNCC3)cc2)cc1. The van der Waals surface area contributed by atoms with Gasteiger partial charge in [0.1, 0.15) is 5.82 Å². The van der Waals surface area contributed by atoms with E-state index in [1.807, 2.05) is 92.7 Å². The topological polar surface area (TPSA) is 112 Å². The Balaban J connectivity index is 1.36. The first-order valence-electron chi connectivity index (χ1n) is 15.6. The number of piperidine rings is 1. The Morgan fingerprint density at radius 3 is 2.29 bits per heavy atom. The smallest absolute Gasteiger partial charge is 0.317 e. The number of amides is 2. The molecule has 1 aromatic heterocycles. The molecule has 3 N–H and O–H groups in total. The molecule has 2 amide bonds. The van der Waals surface area contributed by atoms with E-state index in [9.17, 15) is 14.9 Å². The quantitative estimate of drug-likeness (QED) is 0.179. The predicted octanol–water partition coefficient (Wildman–Crippen LogP) is 7.72. The zero-order valence-electron chi connectivity index (χ0n) is 26.7. The molecule has 1 saturated heterocycles. The molecule has 0 bridgehead atoms. The number of aryl methyl sites for hydroxylation is 1. The molecular formula is C37H42N6O2. The molecule has 0 aliphatic carbocycles. The predicted molar refractivity (Wildman–Crippen MR) is 179 cm³/mol. The number of nitrogens with one attached hydrogen (secondary N) is 3. The van der Waals surface area contributed by atoms with E-state index in [2.05, 4.69) is 42.8 Å². The lowest BCUT2D eigenvalue weighted by atomic mass is 9.76. The summed E-state index contributed by atoms with van der Waals surface area (Å²) in [6.07, 6.45) is 1.80. The normalized spacial score (nSPS) is 15.1. The first-order valence-corrected chi connectivity index (χ1v) is 15.6. The fourth-order valence-corrected chi connectivity index (χ4v) is 5.80. The largest absolute Gasteiger partial charge is 0.324 e. The van der Waals surface area contributed by atoms with Gasteiger partial charge in [-0.1, -0.05) is 68.8 Å². The average Bonchev–Trinajstić information content (AvgIpc) is 3.46. The maximum atomic E-state index is 14.0. The van der Waals surface area contributed by atoms with Crippen LogP contribution < -0.4 is 16.0 Å². The number of carbonyl (C=O) groups is 2. The monoisotopic (exact) mass is 602 g/mol. The van der Waals surface area contributed by atoms with Gasteiger partial charge >= 0.3 is 6.03 Å². The number of rotatable bonds is 8. The number of anilines is 2. The molecule has 2 heterocycles. The lowest BCUT2D eigenvalue weighted by Gasteiger charge is -2.30. The molecule has 8 nitrogen and oxygen atoms in total. The molecule has 3 aromatic carbocycles. The Morgan fingerprint density at radius 2 is 1.64 bits per heavy atom. The maximum Gasteiger partial charge on any atom is 0.324 e. The summed E-state index contributed by atoms with van der Waals surface area (Å²) < 4.78 is 1.75. The molecule has 1 aliphatic rings. The first-order chi connectivity index (χ1) is 21.5. The Bertz CT molecular complexity index is 1690. The Kier molecular flexibility index (Phi) is 9.50. The van der Waals surface area contributed by atoms with Gasteiger partial charge in [-0.15, -0.1) is 0 Å². The number of nitriles is 1. The Labute approximate surface area is 265 Å². The summed E-state index contributed by atoms with van der Waals surface area (Å²) in [5.74, 6) is 0.218. The van der Waals surface area contributed by atoms with Crippen LogP contribution >= 0.6 is 0 Å². The molecule has 1 fully saturated rings. The number of ketones is 1. The van der Waals surface area contributed by atoms with Crippen molar-refractivity contribution in [1.29, 1.82) is 5.26 Å². The van der Waals surface area contributed by atoms with Gasteiger partial charge in [-0.05, 0) is 87.2 Å². The Morgan fingerprint density at radius 1 is 0.956 bits per heavy atom. The fourth-order valence-electron chi connectivity index (χ4n) is 5.80. The van der Waals surface area contributed by atoms with Gasteiger partial charge in [0.2, 0.25) is 0 Å². The lowest BCUT2D eigenvalue weighted by Crippen LogP contribution is -2.33. The van der Waals surface area contributed by atoms with E-state index in [0.29, 0.717) is 17.1 Å². The lowest BCUT2D eigenvalue weighted by molar-refractivity contribution is 0.0916. The third kappa shape index (κ3) is 7.50. The van der Waals surface area contributed by atoms with Crippen LogP contribution in [0.25, 0.3) is 5.69 Å². The summed E-state index contributed by atoms with van der Waals surface area (Å²) in [6, 6.07) is 26.8. The van der Waals surface area contributed by atoms with Gasteiger partial charge in [0.05, 0.1) is 29.3 Å². The van der Waals surface area contributed by atoms with Gasteiger partial charge in [-0.3, -0.25) is 10.1 Å². The van der Waals surface area contributed by atoms with E-state index in [0.717, 1.165) is 54.0 Å². The molecule has 0 saturated carbocycles. The third-order valence-corrected chi connectivity index (χ3v) is 8.53. The highest BCUT2D eigenvalue weighted by atomic mass is 16.2. The van der Waals surface area contributed by atoms with E-state index < -0.39 is 0 Å². The minimum atomic E-state index is -0.383. The van der Waals surface area contributed by atoms with Crippen LogP contribution in [0.1, 0.15) is 85.1 Å². The molecule has 0 radical (unpaired) electrons. The number of benzene rings is 3. The number of urea groups is 1. The summed E-state index contributed by atoms with van der Waals surface area (Å²) in [4.78, 5) is 27.2. The number of hydrogen-bond acceptors (Lipinski definition) is 5. The van der Waals surface area contributed by atoms with E-state index in [1.165, 1.54) is 0 Å². The van der Waals surface area contributed by atoms with Crippen LogP contribution in [0.4, 0.5) is 16.3 Å². The summed E-state index contributed by atoms with van der Waals surface area (Å²) in [5.41, 5.74) is 5.68. The van der Waals surface area contributed by atoms with E-state index in [1.54, 1.807) is 4.68 Å². The zero-order valence-corrected chi connectivity index (χ0v) is 26.7. The Hall–Kier alpha value is -4.74. The van der Waals surface area contributed by atoms with Crippen LogP contribution in [0.2, 0.25) is 0 Å². The average molecular weight is 603 g/mol. The van der Waals surface area contributed by atoms with Crippen LogP contribution in [0.5, 0.6) is 0 Å². The van der Waals surface area contributed by atoms with Gasteiger partial charge in [-0.2, -0.15) is 10.4 Å². The van der Waals surface area contributed by atoms with Crippen LogP contribution in [-0.4, -0.2) is 34.7 Å². The summed E-state index contributed by atoms with van der Waals surface area (Å²) >= 11 is 0. The van der Waals surface area contributed by atoms with Gasteiger partial charge < -0.3 is 10.6 Å². The van der Waals surface area contributed by atoms with Crippen molar-refractivity contribution in [2.75, 3.05) is 23.7 Å². The minimum Gasteiger partial charge on any atom is -0.317 e. The van der Waals surface area contributed by atoms with E-state index in [4.69, 9.17) is 5.10 Å². The highest BCUT2D eigenvalue weighted by Crippen LogP contribution is 2.35. The summed E-state index contributed by atoms with van der Waals surface area (Å²) in [5, 5.41) is 23.5. The van der Waals surface area contributed by atoms with Crippen molar-refractivity contribution in [1.82, 2.24) is 15.1 Å². The zero-order chi connectivity index (χ0) is 32.1. The number of nitrogens with zero attached hydrogens (tertiary/aromatic N) is 3. The number of hydrogen-bond donors (Lipinski definition) is 3. The molecule has 5 rings (SSSR count). The minimum absolute atomic E-state index is 0.0614. The van der Waals surface area contributed by atoms with Crippen molar-refractivity contribution in [3.8, 4) is 11.8 Å². The van der Waals surface area contributed by atoms with Crippen LogP contribution in [0.3, 0.4) is 0 Å². The fraction of sp³-hybridized carbons (Fsp3) is 0.351. The number of aromatic nitrogens is 2. The molecular weight excluding hydrogens is 560 g/mol. The van der Waals surface area contributed by atoms with Crippen LogP contribution in [0.15, 0.2) is 78.9 Å². The molecule has 2 atom stereocenters. The number of carbonyl (C=O) groups excluding carboxylic acids is 2. The van der Waals surface area contributed by atoms with Gasteiger partial charge in [0, 0.05) is 22.7 Å². The first kappa shape index (κ1) is 31.7. The van der Waals surface area contributed by atoms with Crippen molar-refractivity contribution in [3.63, 3.8) is 0 Å². The molecule has 1 unspecified atom stereocenters. The van der Waals surface area contributed by atoms with E-state index >= 15 is 0 Å². The second kappa shape index (κ2) is 13.5. The third-order valence-electron chi connectivity index (χ3n) is 8.53. The highest BCUT2D eigenvalue weighted by Gasteiger charge is 2.32. The molecule has 232 valence electrons. The van der Waals surface area contributed by atoms with Gasteiger partial charge in [0.25, 0.3) is 0 Å². The molecule has 45 heavy (non-hydrogen) atoms. The van der Waals surface area contributed by atoms with Crippen molar-refractivity contribution in [3.05, 3.63) is 107 Å². The molecule has 4 aromatic rings. The van der Waals surface area contributed by atoms with Crippen LogP contribution in [0, 0.1) is 24.2 Å². The highest BCUT2D eigenvalue weighted by molar-refractivity contribution is 6.02. The second-order valence-electron chi connectivity index (χ2n) is 13.0. The van der Waals surface area contributed by atoms with Crippen LogP contribution in [-0.2, 0) is 5.41 Å². The number of Topliss-reactive ketones (excluding diaryl/α,β-unsaturated/α-hetero) is 1. The standard InChI is InChI=1S/C37H42N6O2/c1-24-9-15-31(16-10-24)43-33(22-32(42-43)37(3,4)5)41-36(45)40-30-13-11-26(12-14-30)34(27-17-19-39-20-18-27)35(44)29-8-6-7-28(21-29)25(2)23-38/h6-16,21-22,25,27,34,39H,17-20H2,1-5H3,(H2,40,41,45)/t25-,34?/m0/s1. The summed E-state index contributed by atoms with van der Waals surface area (Å²) in [6.45, 7) is 11.9. The van der Waals surface area contributed by atoms with Crippen molar-refractivity contribution in [2.45, 2.75) is 64.7 Å². The van der Waals surface area contributed by atoms with Crippen molar-refractivity contribution in [2.24, 2.45) is 5.92 Å². The molecule has 8 heteroatoms. The molecule has 1 aliphatic heterocycles. The summed E-state index contributed by atoms with van der Waals surface area (Å²) in [7, 11) is 0. The van der Waals surface area contributed by atoms with E-state index in [-0.39, 0.29) is 35.0 Å². The second-order valence-corrected chi connectivity index (χ2v) is 13.0. The molecule has 0 spiro atoms. The van der Waals surface area contributed by atoms with Gasteiger partial charge in [-0.25, -0.2) is 9.48 Å². The maximum absolute atomic E-state index is 14.0. The van der Waals surface area contributed by atoms with Gasteiger partial charge in [0.15, 0.2) is 5.78 Å². The van der Waals surface area contributed by atoms with Crippen molar-refractivity contribution >= 4 is 23.3 Å².